The van der Waals surface area contributed by atoms with Crippen LogP contribution in [-0.2, 0) is 20.7 Å². The fourth-order valence-corrected chi connectivity index (χ4v) is 1.25. The average Bonchev–Trinajstić information content (AvgIpc) is 2.28. The summed E-state index contributed by atoms with van der Waals surface area (Å²) in [4.78, 5) is 22.0. The Morgan fingerprint density at radius 2 is 2.00 bits per heavy atom. The normalized spacial score (nSPS) is 9.18. The highest BCUT2D eigenvalue weighted by molar-refractivity contribution is 5.88. The van der Waals surface area contributed by atoms with E-state index < -0.39 is 0 Å². The Morgan fingerprint density at radius 1 is 1.35 bits per heavy atom. The van der Waals surface area contributed by atoms with Crippen molar-refractivity contribution in [2.45, 2.75) is 13.3 Å². The molecule has 0 bridgehead atoms. The van der Waals surface area contributed by atoms with Gasteiger partial charge in [0.15, 0.2) is 6.61 Å². The molecule has 0 saturated heterocycles. The second-order valence-electron chi connectivity index (χ2n) is 3.42. The molecule has 1 aromatic rings. The van der Waals surface area contributed by atoms with Crippen molar-refractivity contribution in [2.75, 3.05) is 11.9 Å². The van der Waals surface area contributed by atoms with Gasteiger partial charge in [-0.25, -0.2) is 0 Å². The largest absolute Gasteiger partial charge is 0.452 e. The fourth-order valence-electron chi connectivity index (χ4n) is 1.25. The first-order chi connectivity index (χ1) is 8.11. The van der Waals surface area contributed by atoms with Gasteiger partial charge in [0.2, 0.25) is 5.91 Å². The van der Waals surface area contributed by atoms with Gasteiger partial charge in [-0.05, 0) is 17.7 Å². The SMILES string of the molecule is C#CCOC(=O)Cc1ccc(NC(C)=O)cc1. The maximum absolute atomic E-state index is 11.2. The molecule has 0 heterocycles. The molecule has 17 heavy (non-hydrogen) atoms. The van der Waals surface area contributed by atoms with Crippen molar-refractivity contribution in [3.63, 3.8) is 0 Å². The molecule has 0 radical (unpaired) electrons. The van der Waals surface area contributed by atoms with Gasteiger partial charge in [0, 0.05) is 12.6 Å². The maximum Gasteiger partial charge on any atom is 0.311 e. The minimum atomic E-state index is -0.366. The van der Waals surface area contributed by atoms with Crippen LogP contribution in [0.5, 0.6) is 0 Å². The van der Waals surface area contributed by atoms with Crippen LogP contribution < -0.4 is 5.32 Å². The molecule has 1 N–H and O–H groups in total. The van der Waals surface area contributed by atoms with Crippen molar-refractivity contribution < 1.29 is 14.3 Å². The van der Waals surface area contributed by atoms with E-state index >= 15 is 0 Å². The third kappa shape index (κ3) is 4.85. The lowest BCUT2D eigenvalue weighted by Gasteiger charge is -2.04. The lowest BCUT2D eigenvalue weighted by molar-refractivity contribution is -0.141. The molecular formula is C13H13NO3. The highest BCUT2D eigenvalue weighted by atomic mass is 16.5. The van der Waals surface area contributed by atoms with Gasteiger partial charge in [-0.3, -0.25) is 9.59 Å². The number of ether oxygens (including phenoxy) is 1. The number of hydrogen-bond donors (Lipinski definition) is 1. The zero-order valence-corrected chi connectivity index (χ0v) is 9.53. The minimum Gasteiger partial charge on any atom is -0.452 e. The molecule has 0 aromatic heterocycles. The average molecular weight is 231 g/mol. The topological polar surface area (TPSA) is 55.4 Å². The Morgan fingerprint density at radius 3 is 2.53 bits per heavy atom. The smallest absolute Gasteiger partial charge is 0.311 e. The van der Waals surface area contributed by atoms with E-state index in [-0.39, 0.29) is 24.9 Å². The summed E-state index contributed by atoms with van der Waals surface area (Å²) in [5.41, 5.74) is 1.50. The third-order valence-corrected chi connectivity index (χ3v) is 1.94. The van der Waals surface area contributed by atoms with Crippen molar-refractivity contribution in [3.05, 3.63) is 29.8 Å². The summed E-state index contributed by atoms with van der Waals surface area (Å²) < 4.78 is 4.75. The number of anilines is 1. The van der Waals surface area contributed by atoms with Crippen LogP contribution in [0.25, 0.3) is 0 Å². The minimum absolute atomic E-state index is 0.0111. The number of terminal acetylenes is 1. The lowest BCUT2D eigenvalue weighted by atomic mass is 10.1. The van der Waals surface area contributed by atoms with Crippen LogP contribution in [0.2, 0.25) is 0 Å². The Kier molecular flexibility index (Phi) is 4.77. The molecule has 4 nitrogen and oxygen atoms in total. The summed E-state index contributed by atoms with van der Waals surface area (Å²) in [5.74, 6) is 1.73. The van der Waals surface area contributed by atoms with Gasteiger partial charge in [-0.2, -0.15) is 0 Å². The third-order valence-electron chi connectivity index (χ3n) is 1.94. The number of carbonyl (C=O) groups is 2. The molecule has 1 amide bonds. The Labute approximate surface area is 100.0 Å². The maximum atomic E-state index is 11.2. The number of esters is 1. The standard InChI is InChI=1S/C13H13NO3/c1-3-8-17-13(16)9-11-4-6-12(7-5-11)14-10(2)15/h1,4-7H,8-9H2,2H3,(H,14,15). The summed E-state index contributed by atoms with van der Waals surface area (Å²) in [5, 5.41) is 2.64. The molecule has 0 saturated carbocycles. The van der Waals surface area contributed by atoms with Crippen LogP contribution in [0.4, 0.5) is 5.69 Å². The van der Waals surface area contributed by atoms with E-state index in [0.29, 0.717) is 5.69 Å². The monoisotopic (exact) mass is 231 g/mol. The number of carbonyl (C=O) groups excluding carboxylic acids is 2. The first-order valence-corrected chi connectivity index (χ1v) is 5.07. The molecule has 0 aliphatic carbocycles. The highest BCUT2D eigenvalue weighted by Gasteiger charge is 2.04. The summed E-state index contributed by atoms with van der Waals surface area (Å²) in [7, 11) is 0. The van der Waals surface area contributed by atoms with Crippen LogP contribution in [0.3, 0.4) is 0 Å². The predicted molar refractivity (Wildman–Crippen MR) is 64.2 cm³/mol. The summed E-state index contributed by atoms with van der Waals surface area (Å²) in [6.07, 6.45) is 5.14. The van der Waals surface area contributed by atoms with E-state index in [1.807, 2.05) is 0 Å². The van der Waals surface area contributed by atoms with E-state index in [0.717, 1.165) is 5.56 Å². The quantitative estimate of drug-likeness (QED) is 0.629. The van der Waals surface area contributed by atoms with Gasteiger partial charge >= 0.3 is 5.97 Å². The van der Waals surface area contributed by atoms with Gasteiger partial charge in [-0.15, -0.1) is 6.42 Å². The second kappa shape index (κ2) is 6.33. The summed E-state index contributed by atoms with van der Waals surface area (Å²) >= 11 is 0. The first-order valence-electron chi connectivity index (χ1n) is 5.07. The summed E-state index contributed by atoms with van der Waals surface area (Å²) in [6.45, 7) is 1.42. The van der Waals surface area contributed by atoms with Gasteiger partial charge in [-0.1, -0.05) is 18.1 Å². The van der Waals surface area contributed by atoms with Crippen molar-refractivity contribution in [1.29, 1.82) is 0 Å². The zero-order valence-electron chi connectivity index (χ0n) is 9.53. The molecule has 1 aromatic carbocycles. The Hall–Kier alpha value is -2.28. The van der Waals surface area contributed by atoms with E-state index in [1.165, 1.54) is 6.92 Å². The number of hydrogen-bond acceptors (Lipinski definition) is 3. The Balaban J connectivity index is 2.53. The molecule has 0 spiro atoms. The summed E-state index contributed by atoms with van der Waals surface area (Å²) in [6, 6.07) is 6.96. The van der Waals surface area contributed by atoms with Crippen LogP contribution >= 0.6 is 0 Å². The van der Waals surface area contributed by atoms with Crippen molar-refractivity contribution in [3.8, 4) is 12.3 Å². The van der Waals surface area contributed by atoms with E-state index in [4.69, 9.17) is 11.2 Å². The van der Waals surface area contributed by atoms with E-state index in [2.05, 4.69) is 11.2 Å². The van der Waals surface area contributed by atoms with E-state index in [9.17, 15) is 9.59 Å². The molecule has 0 unspecified atom stereocenters. The molecule has 0 aliphatic heterocycles. The van der Waals surface area contributed by atoms with Gasteiger partial charge < -0.3 is 10.1 Å². The van der Waals surface area contributed by atoms with Crippen molar-refractivity contribution >= 4 is 17.6 Å². The van der Waals surface area contributed by atoms with Crippen LogP contribution in [-0.4, -0.2) is 18.5 Å². The van der Waals surface area contributed by atoms with Gasteiger partial charge in [0.05, 0.1) is 6.42 Å². The Bertz CT molecular complexity index is 443. The number of benzene rings is 1. The van der Waals surface area contributed by atoms with Crippen molar-refractivity contribution in [1.82, 2.24) is 0 Å². The first kappa shape index (κ1) is 12.8. The molecule has 1 rings (SSSR count). The fraction of sp³-hybridized carbons (Fsp3) is 0.231. The lowest BCUT2D eigenvalue weighted by Crippen LogP contribution is -2.08. The van der Waals surface area contributed by atoms with Crippen LogP contribution in [0.1, 0.15) is 12.5 Å². The second-order valence-corrected chi connectivity index (χ2v) is 3.42. The van der Waals surface area contributed by atoms with E-state index in [1.54, 1.807) is 24.3 Å². The zero-order chi connectivity index (χ0) is 12.7. The molecule has 0 fully saturated rings. The van der Waals surface area contributed by atoms with Gasteiger partial charge in [0.1, 0.15) is 0 Å². The molecular weight excluding hydrogens is 218 g/mol. The molecule has 0 atom stereocenters. The van der Waals surface area contributed by atoms with Crippen molar-refractivity contribution in [2.24, 2.45) is 0 Å². The molecule has 88 valence electrons. The highest BCUT2D eigenvalue weighted by Crippen LogP contribution is 2.10. The number of amides is 1. The van der Waals surface area contributed by atoms with Crippen LogP contribution in [0.15, 0.2) is 24.3 Å². The molecule has 0 aliphatic rings. The molecule has 4 heteroatoms. The predicted octanol–water partition coefficient (Wildman–Crippen LogP) is 1.36. The number of rotatable bonds is 4. The number of nitrogens with one attached hydrogen (secondary N) is 1. The van der Waals surface area contributed by atoms with Gasteiger partial charge in [0.25, 0.3) is 0 Å². The van der Waals surface area contributed by atoms with Crippen LogP contribution in [0, 0.1) is 12.3 Å².